The summed E-state index contributed by atoms with van der Waals surface area (Å²) in [7, 11) is -10.0. The minimum Gasteiger partial charge on any atom is -0.744 e. The van der Waals surface area contributed by atoms with Crippen LogP contribution >= 0.6 is 0 Å². The molecular formula is C32H30N4Na2O10S2. The second-order valence-corrected chi connectivity index (χ2v) is 12.6. The van der Waals surface area contributed by atoms with Crippen LogP contribution in [0, 0.1) is 0 Å². The molecule has 0 aliphatic carbocycles. The van der Waals surface area contributed by atoms with Crippen LogP contribution in [0.5, 0.6) is 11.5 Å². The number of rotatable bonds is 16. The summed E-state index contributed by atoms with van der Waals surface area (Å²) < 4.78 is 83.5. The van der Waals surface area contributed by atoms with Crippen LogP contribution in [-0.2, 0) is 20.2 Å². The van der Waals surface area contributed by atoms with Gasteiger partial charge in [0.05, 0.1) is 45.8 Å². The molecule has 2 N–H and O–H groups in total. The molecule has 0 aromatic heterocycles. The van der Waals surface area contributed by atoms with Crippen molar-refractivity contribution in [2.75, 3.05) is 26.4 Å². The third-order valence-corrected chi connectivity index (χ3v) is 8.14. The van der Waals surface area contributed by atoms with E-state index in [0.717, 1.165) is 12.1 Å². The van der Waals surface area contributed by atoms with Crippen molar-refractivity contribution in [1.29, 1.82) is 0 Å². The van der Waals surface area contributed by atoms with Crippen LogP contribution in [-0.4, -0.2) is 62.6 Å². The van der Waals surface area contributed by atoms with Crippen molar-refractivity contribution in [1.82, 2.24) is 0 Å². The molecule has 4 rings (SSSR count). The minimum absolute atomic E-state index is 0. The van der Waals surface area contributed by atoms with E-state index in [1.807, 2.05) is 0 Å². The van der Waals surface area contributed by atoms with Gasteiger partial charge in [-0.1, -0.05) is 24.3 Å². The summed E-state index contributed by atoms with van der Waals surface area (Å²) in [6.07, 6.45) is 3.35. The molecule has 0 fully saturated rings. The zero-order valence-electron chi connectivity index (χ0n) is 27.2. The summed E-state index contributed by atoms with van der Waals surface area (Å²) in [5.41, 5.74) is 0.821. The Balaban J connectivity index is 0.00000433. The first-order valence-corrected chi connectivity index (χ1v) is 17.2. The molecular weight excluding hydrogens is 710 g/mol. The van der Waals surface area contributed by atoms with Crippen LogP contribution in [0.4, 0.5) is 22.7 Å². The van der Waals surface area contributed by atoms with E-state index >= 15 is 0 Å². The zero-order valence-corrected chi connectivity index (χ0v) is 32.9. The molecule has 0 heterocycles. The Morgan fingerprint density at radius 1 is 0.540 bits per heavy atom. The molecule has 0 amide bonds. The second-order valence-electron chi connectivity index (χ2n) is 9.92. The molecule has 0 aliphatic heterocycles. The first kappa shape index (κ1) is 43.3. The molecule has 0 saturated heterocycles. The SMILES string of the molecule is O=S(=O)([O-])c1cc(N=Nc2ccc(OCCCO)cc2)ccc1/C=C/c1ccc(N=Nc2ccc(OCCCO)cc2)cc1S(=O)(=O)[O-].[Na+].[Na+]. The van der Waals surface area contributed by atoms with E-state index in [1.165, 1.54) is 36.4 Å². The fraction of sp³-hybridized carbons (Fsp3) is 0.188. The molecule has 14 nitrogen and oxygen atoms in total. The van der Waals surface area contributed by atoms with Crippen LogP contribution in [0.1, 0.15) is 24.0 Å². The van der Waals surface area contributed by atoms with Gasteiger partial charge in [-0.25, -0.2) is 16.8 Å². The maximum atomic E-state index is 12.1. The topological polar surface area (TPSA) is 223 Å². The maximum Gasteiger partial charge on any atom is 1.00 e. The van der Waals surface area contributed by atoms with Gasteiger partial charge in [-0.3, -0.25) is 0 Å². The van der Waals surface area contributed by atoms with Gasteiger partial charge in [0.25, 0.3) is 0 Å². The average Bonchev–Trinajstić information content (AvgIpc) is 3.06. The molecule has 0 spiro atoms. The fourth-order valence-electron chi connectivity index (χ4n) is 4.02. The molecule has 18 heteroatoms. The molecule has 4 aromatic carbocycles. The Hall–Kier alpha value is -2.84. The number of hydrogen-bond acceptors (Lipinski definition) is 14. The van der Waals surface area contributed by atoms with E-state index in [4.69, 9.17) is 19.7 Å². The number of azo groups is 2. The van der Waals surface area contributed by atoms with Crippen LogP contribution in [0.25, 0.3) is 12.2 Å². The summed E-state index contributed by atoms with van der Waals surface area (Å²) in [6.45, 7) is 0.704. The van der Waals surface area contributed by atoms with Gasteiger partial charge in [0, 0.05) is 26.1 Å². The molecule has 4 aromatic rings. The minimum atomic E-state index is -5.01. The van der Waals surface area contributed by atoms with Crippen molar-refractivity contribution in [2.45, 2.75) is 22.6 Å². The number of hydrogen-bond donors (Lipinski definition) is 2. The van der Waals surface area contributed by atoms with Crippen LogP contribution in [0.2, 0.25) is 0 Å². The van der Waals surface area contributed by atoms with Crippen molar-refractivity contribution in [2.24, 2.45) is 20.5 Å². The van der Waals surface area contributed by atoms with Crippen molar-refractivity contribution in [3.05, 3.63) is 96.1 Å². The average molecular weight is 741 g/mol. The molecule has 0 bridgehead atoms. The molecule has 252 valence electrons. The van der Waals surface area contributed by atoms with Gasteiger partial charge >= 0.3 is 59.1 Å². The smallest absolute Gasteiger partial charge is 0.744 e. The molecule has 0 atom stereocenters. The predicted molar refractivity (Wildman–Crippen MR) is 173 cm³/mol. The van der Waals surface area contributed by atoms with E-state index in [9.17, 15) is 25.9 Å². The molecule has 0 unspecified atom stereocenters. The van der Waals surface area contributed by atoms with E-state index < -0.39 is 30.0 Å². The summed E-state index contributed by atoms with van der Waals surface area (Å²) in [5.74, 6) is 1.13. The van der Waals surface area contributed by atoms with E-state index in [2.05, 4.69) is 20.5 Å². The predicted octanol–water partition coefficient (Wildman–Crippen LogP) is 0.0264. The first-order chi connectivity index (χ1) is 23.0. The van der Waals surface area contributed by atoms with Gasteiger partial charge in [-0.2, -0.15) is 20.5 Å². The number of nitrogens with zero attached hydrogens (tertiary/aromatic N) is 4. The summed E-state index contributed by atoms with van der Waals surface area (Å²) in [6, 6.07) is 20.5. The quantitative estimate of drug-likeness (QED) is 0.0516. The van der Waals surface area contributed by atoms with Gasteiger partial charge in [-0.05, 0) is 83.9 Å². The van der Waals surface area contributed by atoms with E-state index in [-0.39, 0.29) is 94.8 Å². The Morgan fingerprint density at radius 3 is 1.18 bits per heavy atom. The molecule has 50 heavy (non-hydrogen) atoms. The van der Waals surface area contributed by atoms with Crippen molar-refractivity contribution < 1.29 is 105 Å². The molecule has 0 radical (unpaired) electrons. The summed E-state index contributed by atoms with van der Waals surface area (Å²) in [4.78, 5) is -1.27. The Labute approximate surface area is 334 Å². The summed E-state index contributed by atoms with van der Waals surface area (Å²) in [5, 5.41) is 33.8. The van der Waals surface area contributed by atoms with Crippen molar-refractivity contribution in [3.8, 4) is 11.5 Å². The van der Waals surface area contributed by atoms with Gasteiger partial charge in [-0.15, -0.1) is 0 Å². The molecule has 0 aliphatic rings. The van der Waals surface area contributed by atoms with Crippen LogP contribution < -0.4 is 68.6 Å². The largest absolute Gasteiger partial charge is 1.00 e. The van der Waals surface area contributed by atoms with Crippen molar-refractivity contribution in [3.63, 3.8) is 0 Å². The third-order valence-electron chi connectivity index (χ3n) is 6.35. The Morgan fingerprint density at radius 2 is 0.860 bits per heavy atom. The monoisotopic (exact) mass is 740 g/mol. The second kappa shape index (κ2) is 20.9. The Bertz CT molecular complexity index is 1860. The standard InChI is InChI=1S/C32H32N4O10S2.2Na/c37-17-1-19-45-29-13-9-25(10-14-29)33-35-27-7-5-23(31(21-27)47(39,40)41)3-4-24-6-8-28(22-32(24)48(42,43)44)36-34-26-11-15-30(16-12-26)46-20-2-18-38;;/h3-16,21-22,37-38H,1-2,17-20H2,(H,39,40,41)(H,42,43,44);;/q;2*+1/p-2/b4-3+,35-33?,36-34?;;. The number of benzene rings is 4. The van der Waals surface area contributed by atoms with Gasteiger partial charge in [0.15, 0.2) is 0 Å². The zero-order chi connectivity index (χ0) is 34.6. The van der Waals surface area contributed by atoms with E-state index in [0.29, 0.717) is 48.9 Å². The first-order valence-electron chi connectivity index (χ1n) is 14.4. The van der Waals surface area contributed by atoms with Gasteiger partial charge < -0.3 is 28.8 Å². The summed E-state index contributed by atoms with van der Waals surface area (Å²) >= 11 is 0. The van der Waals surface area contributed by atoms with Crippen molar-refractivity contribution >= 4 is 55.1 Å². The Kier molecular flexibility index (Phi) is 18.1. The normalized spacial score (nSPS) is 11.8. The fourth-order valence-corrected chi connectivity index (χ4v) is 5.40. The maximum absolute atomic E-state index is 12.1. The van der Waals surface area contributed by atoms with Gasteiger partial charge in [0.1, 0.15) is 31.7 Å². The van der Waals surface area contributed by atoms with Crippen LogP contribution in [0.15, 0.2) is 115 Å². The number of ether oxygens (including phenoxy) is 2. The third kappa shape index (κ3) is 13.7. The van der Waals surface area contributed by atoms with Crippen LogP contribution in [0.3, 0.4) is 0 Å². The van der Waals surface area contributed by atoms with E-state index in [1.54, 1.807) is 48.5 Å². The number of aliphatic hydroxyl groups is 2. The number of aliphatic hydroxyl groups excluding tert-OH is 2. The molecule has 0 saturated carbocycles. The van der Waals surface area contributed by atoms with Gasteiger partial charge in [0.2, 0.25) is 0 Å².